The molecular weight excluding hydrogens is 396 g/mol. The summed E-state index contributed by atoms with van der Waals surface area (Å²) in [6.07, 6.45) is 0.223. The Morgan fingerprint density at radius 1 is 1.23 bits per heavy atom. The van der Waals surface area contributed by atoms with E-state index in [4.69, 9.17) is 4.74 Å². The number of benzene rings is 2. The maximum absolute atomic E-state index is 12.7. The van der Waals surface area contributed by atoms with Crippen molar-refractivity contribution < 1.29 is 14.3 Å². The van der Waals surface area contributed by atoms with Gasteiger partial charge in [0.2, 0.25) is 11.8 Å². The van der Waals surface area contributed by atoms with E-state index in [0.717, 1.165) is 21.5 Å². The van der Waals surface area contributed by atoms with Crippen molar-refractivity contribution in [1.82, 2.24) is 5.32 Å². The minimum Gasteiger partial charge on any atom is -0.496 e. The Hall–Kier alpha value is -2.34. The Labute approximate surface area is 161 Å². The molecule has 2 aromatic carbocycles. The average molecular weight is 417 g/mol. The van der Waals surface area contributed by atoms with Gasteiger partial charge >= 0.3 is 0 Å². The highest BCUT2D eigenvalue weighted by molar-refractivity contribution is 9.10. The van der Waals surface area contributed by atoms with Crippen molar-refractivity contribution >= 4 is 33.4 Å². The summed E-state index contributed by atoms with van der Waals surface area (Å²) >= 11 is 3.39. The lowest BCUT2D eigenvalue weighted by Crippen LogP contribution is -2.34. The number of nitrogens with zero attached hydrogens (tertiary/aromatic N) is 1. The third-order valence-corrected chi connectivity index (χ3v) is 5.13. The van der Waals surface area contributed by atoms with Crippen LogP contribution in [0.4, 0.5) is 5.69 Å². The van der Waals surface area contributed by atoms with Crippen LogP contribution in [0.3, 0.4) is 0 Å². The number of methoxy groups -OCH3 is 1. The lowest BCUT2D eigenvalue weighted by molar-refractivity contribution is -0.126. The van der Waals surface area contributed by atoms with Gasteiger partial charge in [-0.2, -0.15) is 0 Å². The lowest BCUT2D eigenvalue weighted by Gasteiger charge is -2.20. The monoisotopic (exact) mass is 416 g/mol. The molecule has 0 aromatic heterocycles. The smallest absolute Gasteiger partial charge is 0.227 e. The molecule has 2 amide bonds. The summed E-state index contributed by atoms with van der Waals surface area (Å²) in [6.45, 7) is 2.31. The maximum Gasteiger partial charge on any atom is 0.227 e. The minimum atomic E-state index is -0.358. The molecule has 1 aliphatic heterocycles. The van der Waals surface area contributed by atoms with Crippen molar-refractivity contribution in [1.29, 1.82) is 0 Å². The van der Waals surface area contributed by atoms with E-state index in [1.807, 2.05) is 55.5 Å². The van der Waals surface area contributed by atoms with Crippen molar-refractivity contribution in [3.05, 3.63) is 58.6 Å². The predicted octanol–water partition coefficient (Wildman–Crippen LogP) is 3.69. The molecule has 2 unspecified atom stereocenters. The van der Waals surface area contributed by atoms with Crippen molar-refractivity contribution in [3.63, 3.8) is 0 Å². The van der Waals surface area contributed by atoms with Gasteiger partial charge in [-0.1, -0.05) is 34.1 Å². The Balaban J connectivity index is 1.67. The topological polar surface area (TPSA) is 58.6 Å². The van der Waals surface area contributed by atoms with E-state index in [9.17, 15) is 9.59 Å². The van der Waals surface area contributed by atoms with Gasteiger partial charge in [0.25, 0.3) is 0 Å². The largest absolute Gasteiger partial charge is 0.496 e. The highest BCUT2D eigenvalue weighted by Gasteiger charge is 2.35. The predicted molar refractivity (Wildman–Crippen MR) is 104 cm³/mol. The first-order chi connectivity index (χ1) is 12.5. The standard InChI is InChI=1S/C20H21BrN2O3/c1-13(17-5-3-4-6-18(17)26-2)22-20(25)14-11-19(24)23(12-14)16-9-7-15(21)8-10-16/h3-10,13-14H,11-12H2,1-2H3,(H,22,25). The zero-order chi connectivity index (χ0) is 18.7. The van der Waals surface area contributed by atoms with Crippen LogP contribution in [0.25, 0.3) is 0 Å². The average Bonchev–Trinajstić information content (AvgIpc) is 3.04. The maximum atomic E-state index is 12.7. The van der Waals surface area contributed by atoms with Crippen molar-refractivity contribution in [3.8, 4) is 5.75 Å². The molecular formula is C20H21BrN2O3. The number of rotatable bonds is 5. The number of anilines is 1. The van der Waals surface area contributed by atoms with Crippen LogP contribution in [-0.2, 0) is 9.59 Å². The summed E-state index contributed by atoms with van der Waals surface area (Å²) in [5, 5.41) is 3.01. The van der Waals surface area contributed by atoms with Crippen LogP contribution in [0.15, 0.2) is 53.0 Å². The first-order valence-corrected chi connectivity index (χ1v) is 9.28. The van der Waals surface area contributed by atoms with E-state index in [1.54, 1.807) is 12.0 Å². The summed E-state index contributed by atoms with van der Waals surface area (Å²) in [7, 11) is 1.61. The van der Waals surface area contributed by atoms with E-state index in [2.05, 4.69) is 21.2 Å². The molecule has 1 saturated heterocycles. The second-order valence-electron chi connectivity index (χ2n) is 6.35. The molecule has 2 atom stereocenters. The summed E-state index contributed by atoms with van der Waals surface area (Å²) in [5.74, 6) is 0.233. The number of nitrogens with one attached hydrogen (secondary N) is 1. The van der Waals surface area contributed by atoms with Crippen LogP contribution in [0.2, 0.25) is 0 Å². The van der Waals surface area contributed by atoms with E-state index < -0.39 is 0 Å². The molecule has 1 N–H and O–H groups in total. The van der Waals surface area contributed by atoms with Crippen LogP contribution in [0.5, 0.6) is 5.75 Å². The number of hydrogen-bond donors (Lipinski definition) is 1. The lowest BCUT2D eigenvalue weighted by atomic mass is 10.0. The van der Waals surface area contributed by atoms with E-state index >= 15 is 0 Å². The van der Waals surface area contributed by atoms with Crippen LogP contribution in [0, 0.1) is 5.92 Å². The van der Waals surface area contributed by atoms with Gasteiger partial charge < -0.3 is 15.0 Å². The summed E-state index contributed by atoms with van der Waals surface area (Å²) in [5.41, 5.74) is 1.73. The van der Waals surface area contributed by atoms with Crippen molar-refractivity contribution in [2.45, 2.75) is 19.4 Å². The number of carbonyl (C=O) groups is 2. The quantitative estimate of drug-likeness (QED) is 0.808. The molecule has 5 nitrogen and oxygen atoms in total. The fraction of sp³-hybridized carbons (Fsp3) is 0.300. The van der Waals surface area contributed by atoms with Gasteiger partial charge in [0, 0.05) is 28.7 Å². The third-order valence-electron chi connectivity index (χ3n) is 4.60. The molecule has 26 heavy (non-hydrogen) atoms. The minimum absolute atomic E-state index is 0.0302. The number of para-hydroxylation sites is 1. The van der Waals surface area contributed by atoms with Gasteiger partial charge in [0.05, 0.1) is 19.1 Å². The molecule has 0 saturated carbocycles. The van der Waals surface area contributed by atoms with Crippen molar-refractivity contribution in [2.24, 2.45) is 5.92 Å². The molecule has 3 rings (SSSR count). The normalized spacial score (nSPS) is 17.9. The second-order valence-corrected chi connectivity index (χ2v) is 7.27. The fourth-order valence-electron chi connectivity index (χ4n) is 3.19. The molecule has 0 spiro atoms. The summed E-state index contributed by atoms with van der Waals surface area (Å²) in [4.78, 5) is 26.7. The number of halogens is 1. The van der Waals surface area contributed by atoms with Gasteiger partial charge in [-0.25, -0.2) is 0 Å². The van der Waals surface area contributed by atoms with Gasteiger partial charge in [-0.05, 0) is 37.3 Å². The number of ether oxygens (including phenoxy) is 1. The highest BCUT2D eigenvalue weighted by Crippen LogP contribution is 2.28. The molecule has 0 radical (unpaired) electrons. The number of carbonyl (C=O) groups excluding carboxylic acids is 2. The molecule has 0 bridgehead atoms. The van der Waals surface area contributed by atoms with E-state index in [1.165, 1.54) is 0 Å². The summed E-state index contributed by atoms with van der Waals surface area (Å²) in [6, 6.07) is 14.9. The third kappa shape index (κ3) is 3.90. The molecule has 1 aliphatic rings. The van der Waals surface area contributed by atoms with Gasteiger partial charge in [-0.3, -0.25) is 9.59 Å². The molecule has 1 fully saturated rings. The Bertz CT molecular complexity index is 807. The SMILES string of the molecule is COc1ccccc1C(C)NC(=O)C1CC(=O)N(c2ccc(Br)cc2)C1. The van der Waals surface area contributed by atoms with Crippen LogP contribution in [-0.4, -0.2) is 25.5 Å². The Kier molecular flexibility index (Phi) is 5.61. The molecule has 1 heterocycles. The van der Waals surface area contributed by atoms with Crippen LogP contribution < -0.4 is 15.0 Å². The fourth-order valence-corrected chi connectivity index (χ4v) is 3.45. The highest BCUT2D eigenvalue weighted by atomic mass is 79.9. The van der Waals surface area contributed by atoms with E-state index in [0.29, 0.717) is 6.54 Å². The molecule has 0 aliphatic carbocycles. The molecule has 6 heteroatoms. The zero-order valence-electron chi connectivity index (χ0n) is 14.7. The number of hydrogen-bond acceptors (Lipinski definition) is 3. The van der Waals surface area contributed by atoms with Gasteiger partial charge in [0.15, 0.2) is 0 Å². The summed E-state index contributed by atoms with van der Waals surface area (Å²) < 4.78 is 6.31. The van der Waals surface area contributed by atoms with Gasteiger partial charge in [-0.15, -0.1) is 0 Å². The number of amides is 2. The van der Waals surface area contributed by atoms with Crippen LogP contribution >= 0.6 is 15.9 Å². The van der Waals surface area contributed by atoms with Gasteiger partial charge in [0.1, 0.15) is 5.75 Å². The Morgan fingerprint density at radius 2 is 1.92 bits per heavy atom. The van der Waals surface area contributed by atoms with E-state index in [-0.39, 0.29) is 30.2 Å². The first-order valence-electron chi connectivity index (χ1n) is 8.49. The Morgan fingerprint density at radius 3 is 2.62 bits per heavy atom. The first kappa shape index (κ1) is 18.5. The zero-order valence-corrected chi connectivity index (χ0v) is 16.3. The second kappa shape index (κ2) is 7.91. The van der Waals surface area contributed by atoms with Crippen LogP contribution in [0.1, 0.15) is 24.9 Å². The molecule has 136 valence electrons. The van der Waals surface area contributed by atoms with Crippen molar-refractivity contribution in [2.75, 3.05) is 18.6 Å². The molecule has 2 aromatic rings.